The van der Waals surface area contributed by atoms with Gasteiger partial charge in [0, 0.05) is 11.8 Å². The lowest BCUT2D eigenvalue weighted by molar-refractivity contribution is 0.379. The third kappa shape index (κ3) is 2.90. The van der Waals surface area contributed by atoms with Crippen molar-refractivity contribution in [3.05, 3.63) is 47.0 Å². The van der Waals surface area contributed by atoms with Gasteiger partial charge in [-0.3, -0.25) is 0 Å². The lowest BCUT2D eigenvalue weighted by Gasteiger charge is -2.11. The fourth-order valence-corrected chi connectivity index (χ4v) is 1.77. The first-order valence-corrected chi connectivity index (χ1v) is 5.83. The summed E-state index contributed by atoms with van der Waals surface area (Å²) in [5.74, 6) is 1.42. The third-order valence-electron chi connectivity index (χ3n) is 2.47. The molecule has 0 aromatic heterocycles. The topological polar surface area (TPSA) is 68.3 Å². The summed E-state index contributed by atoms with van der Waals surface area (Å²) in [5, 5.41) is 9.24. The van der Waals surface area contributed by atoms with Gasteiger partial charge in [0.25, 0.3) is 0 Å². The quantitative estimate of drug-likeness (QED) is 0.869. The van der Waals surface area contributed by atoms with Crippen LogP contribution in [0.4, 0.5) is 5.69 Å². The molecule has 2 rings (SSSR count). The highest BCUT2D eigenvalue weighted by Gasteiger charge is 2.09. The predicted octanol–water partition coefficient (Wildman–Crippen LogP) is 3.59. The Morgan fingerprint density at radius 3 is 2.47 bits per heavy atom. The first-order valence-electron chi connectivity index (χ1n) is 5.45. The largest absolute Gasteiger partial charge is 0.493 e. The molecule has 4 nitrogen and oxygen atoms in total. The van der Waals surface area contributed by atoms with Crippen LogP contribution in [0.15, 0.2) is 36.4 Å². The number of benzene rings is 2. The van der Waals surface area contributed by atoms with Crippen LogP contribution in [0.1, 0.15) is 5.56 Å². The van der Waals surface area contributed by atoms with Crippen LogP contribution in [-0.2, 0) is 0 Å². The number of nitrogens with two attached hydrogens (primary N) is 1. The summed E-state index contributed by atoms with van der Waals surface area (Å²) in [4.78, 5) is 0. The van der Waals surface area contributed by atoms with Crippen LogP contribution in [0.3, 0.4) is 0 Å². The third-order valence-corrected chi connectivity index (χ3v) is 2.76. The summed E-state index contributed by atoms with van der Waals surface area (Å²) in [6.45, 7) is 0. The second-order valence-electron chi connectivity index (χ2n) is 3.77. The normalized spacial score (nSPS) is 9.74. The number of hydrogen-bond acceptors (Lipinski definition) is 4. The highest BCUT2D eigenvalue weighted by Crippen LogP contribution is 2.36. The molecule has 0 fully saturated rings. The minimum absolute atomic E-state index is 0.409. The number of hydrogen-bond donors (Lipinski definition) is 1. The molecule has 2 aromatic rings. The highest BCUT2D eigenvalue weighted by atomic mass is 35.5. The summed E-state index contributed by atoms with van der Waals surface area (Å²) in [7, 11) is 1.51. The fourth-order valence-electron chi connectivity index (χ4n) is 1.54. The highest BCUT2D eigenvalue weighted by molar-refractivity contribution is 6.32. The van der Waals surface area contributed by atoms with Crippen molar-refractivity contribution in [1.82, 2.24) is 0 Å². The van der Waals surface area contributed by atoms with Crippen LogP contribution < -0.4 is 15.2 Å². The molecule has 0 radical (unpaired) electrons. The van der Waals surface area contributed by atoms with E-state index in [1.165, 1.54) is 7.11 Å². The fraction of sp³-hybridized carbons (Fsp3) is 0.0714. The Balaban J connectivity index is 2.35. The van der Waals surface area contributed by atoms with Crippen molar-refractivity contribution >= 4 is 17.3 Å². The van der Waals surface area contributed by atoms with Crippen molar-refractivity contribution < 1.29 is 9.47 Å². The second-order valence-corrected chi connectivity index (χ2v) is 4.18. The van der Waals surface area contributed by atoms with E-state index in [0.29, 0.717) is 33.5 Å². The SMILES string of the molecule is COc1cc(C#N)ccc1Oc1ccc(N)cc1Cl. The number of nitriles is 1. The number of ether oxygens (including phenoxy) is 2. The van der Waals surface area contributed by atoms with E-state index in [9.17, 15) is 0 Å². The van der Waals surface area contributed by atoms with Gasteiger partial charge in [-0.2, -0.15) is 5.26 Å². The molecule has 0 atom stereocenters. The molecule has 96 valence electrons. The number of nitrogens with zero attached hydrogens (tertiary/aromatic N) is 1. The number of halogens is 1. The molecule has 0 spiro atoms. The molecule has 0 heterocycles. The van der Waals surface area contributed by atoms with Crippen LogP contribution in [0.25, 0.3) is 0 Å². The van der Waals surface area contributed by atoms with Gasteiger partial charge in [-0.05, 0) is 30.3 Å². The van der Waals surface area contributed by atoms with E-state index in [0.717, 1.165) is 0 Å². The van der Waals surface area contributed by atoms with Gasteiger partial charge in [0.05, 0.1) is 23.8 Å². The van der Waals surface area contributed by atoms with Gasteiger partial charge >= 0.3 is 0 Å². The Bertz CT molecular complexity index is 650. The van der Waals surface area contributed by atoms with Crippen molar-refractivity contribution in [2.24, 2.45) is 0 Å². The van der Waals surface area contributed by atoms with Crippen molar-refractivity contribution in [3.63, 3.8) is 0 Å². The van der Waals surface area contributed by atoms with Gasteiger partial charge in [0.15, 0.2) is 11.5 Å². The maximum atomic E-state index is 8.83. The molecule has 0 aliphatic carbocycles. The zero-order valence-electron chi connectivity index (χ0n) is 10.2. The van der Waals surface area contributed by atoms with Crippen molar-refractivity contribution in [2.75, 3.05) is 12.8 Å². The maximum absolute atomic E-state index is 8.83. The van der Waals surface area contributed by atoms with E-state index in [-0.39, 0.29) is 0 Å². The molecule has 5 heteroatoms. The molecule has 0 saturated heterocycles. The van der Waals surface area contributed by atoms with Crippen LogP contribution in [0, 0.1) is 11.3 Å². The minimum atomic E-state index is 0.409. The first-order chi connectivity index (χ1) is 9.13. The van der Waals surface area contributed by atoms with Crippen LogP contribution >= 0.6 is 11.6 Å². The molecule has 0 unspecified atom stereocenters. The molecule has 0 aliphatic rings. The van der Waals surface area contributed by atoms with Crippen molar-refractivity contribution in [2.45, 2.75) is 0 Å². The van der Waals surface area contributed by atoms with Crippen LogP contribution in [0.5, 0.6) is 17.2 Å². The van der Waals surface area contributed by atoms with Crippen molar-refractivity contribution in [3.8, 4) is 23.3 Å². The lowest BCUT2D eigenvalue weighted by atomic mass is 10.2. The van der Waals surface area contributed by atoms with Gasteiger partial charge in [0.1, 0.15) is 5.75 Å². The minimum Gasteiger partial charge on any atom is -0.493 e. The first kappa shape index (κ1) is 13.1. The molecule has 0 bridgehead atoms. The van der Waals surface area contributed by atoms with Crippen LogP contribution in [-0.4, -0.2) is 7.11 Å². The number of methoxy groups -OCH3 is 1. The molecule has 2 aromatic carbocycles. The smallest absolute Gasteiger partial charge is 0.169 e. The average molecular weight is 275 g/mol. The van der Waals surface area contributed by atoms with Gasteiger partial charge in [-0.25, -0.2) is 0 Å². The summed E-state index contributed by atoms with van der Waals surface area (Å²) in [6.07, 6.45) is 0. The molecule has 0 aliphatic heterocycles. The summed E-state index contributed by atoms with van der Waals surface area (Å²) in [6, 6.07) is 11.9. The van der Waals surface area contributed by atoms with Gasteiger partial charge in [-0.1, -0.05) is 11.6 Å². The van der Waals surface area contributed by atoms with E-state index >= 15 is 0 Å². The van der Waals surface area contributed by atoms with Gasteiger partial charge in [-0.15, -0.1) is 0 Å². The average Bonchev–Trinajstić information content (AvgIpc) is 2.42. The van der Waals surface area contributed by atoms with E-state index in [1.54, 1.807) is 36.4 Å². The van der Waals surface area contributed by atoms with Gasteiger partial charge < -0.3 is 15.2 Å². The van der Waals surface area contributed by atoms with E-state index in [1.807, 2.05) is 6.07 Å². The van der Waals surface area contributed by atoms with E-state index in [2.05, 4.69) is 0 Å². The van der Waals surface area contributed by atoms with Crippen LogP contribution in [0.2, 0.25) is 5.02 Å². The van der Waals surface area contributed by atoms with Gasteiger partial charge in [0.2, 0.25) is 0 Å². The zero-order chi connectivity index (χ0) is 13.8. The second kappa shape index (κ2) is 5.51. The number of rotatable bonds is 3. The molecular weight excluding hydrogens is 264 g/mol. The summed E-state index contributed by atoms with van der Waals surface area (Å²) >= 11 is 6.04. The molecular formula is C14H11ClN2O2. The van der Waals surface area contributed by atoms with E-state index in [4.69, 9.17) is 32.1 Å². The maximum Gasteiger partial charge on any atom is 0.169 e. The monoisotopic (exact) mass is 274 g/mol. The predicted molar refractivity (Wildman–Crippen MR) is 73.6 cm³/mol. The molecule has 2 N–H and O–H groups in total. The standard InChI is InChI=1S/C14H11ClN2O2/c1-18-14-6-9(8-16)2-4-13(14)19-12-5-3-10(17)7-11(12)15/h2-7H,17H2,1H3. The Morgan fingerprint density at radius 1 is 1.11 bits per heavy atom. The summed E-state index contributed by atoms with van der Waals surface area (Å²) < 4.78 is 10.8. The summed E-state index contributed by atoms with van der Waals surface area (Å²) in [5.41, 5.74) is 6.67. The Kier molecular flexibility index (Phi) is 3.79. The van der Waals surface area contributed by atoms with E-state index < -0.39 is 0 Å². The number of anilines is 1. The molecule has 0 amide bonds. The Morgan fingerprint density at radius 2 is 1.84 bits per heavy atom. The molecule has 0 saturated carbocycles. The molecule has 19 heavy (non-hydrogen) atoms. The van der Waals surface area contributed by atoms with Crippen molar-refractivity contribution in [1.29, 1.82) is 5.26 Å². The number of nitrogen functional groups attached to an aromatic ring is 1. The Hall–Kier alpha value is -2.38. The Labute approximate surface area is 115 Å². The lowest BCUT2D eigenvalue weighted by Crippen LogP contribution is -1.92. The zero-order valence-corrected chi connectivity index (χ0v) is 10.9.